The lowest BCUT2D eigenvalue weighted by atomic mass is 9.66. The van der Waals surface area contributed by atoms with Crippen LogP contribution in [0.2, 0.25) is 5.02 Å². The maximum Gasteiger partial charge on any atom is 0.252 e. The number of hydrogen-bond acceptors (Lipinski definition) is 5. The molecular weight excluding hydrogens is 428 g/mol. The number of fused-ring (bicyclic) bond motifs is 1. The van der Waals surface area contributed by atoms with Crippen LogP contribution in [-0.2, 0) is 9.59 Å². The van der Waals surface area contributed by atoms with E-state index in [9.17, 15) is 14.7 Å². The minimum absolute atomic E-state index is 0.0421. The van der Waals surface area contributed by atoms with Gasteiger partial charge in [0.2, 0.25) is 0 Å². The fourth-order valence-electron chi connectivity index (χ4n) is 5.31. The maximum absolute atomic E-state index is 13.7. The highest BCUT2D eigenvalue weighted by molar-refractivity contribution is 6.32. The van der Waals surface area contributed by atoms with Gasteiger partial charge in [-0.3, -0.25) is 9.59 Å². The number of methoxy groups -OCH3 is 1. The Morgan fingerprint density at radius 3 is 2.56 bits per heavy atom. The molecule has 2 aliphatic heterocycles. The Kier molecular flexibility index (Phi) is 6.01. The van der Waals surface area contributed by atoms with Crippen molar-refractivity contribution in [1.29, 1.82) is 0 Å². The molecule has 32 heavy (non-hydrogen) atoms. The lowest BCUT2D eigenvalue weighted by molar-refractivity contribution is -0.129. The molecule has 1 aromatic rings. The summed E-state index contributed by atoms with van der Waals surface area (Å²) in [6.07, 6.45) is 5.59. The van der Waals surface area contributed by atoms with E-state index in [4.69, 9.17) is 16.3 Å². The van der Waals surface area contributed by atoms with Crippen LogP contribution >= 0.6 is 11.6 Å². The molecule has 4 rings (SSSR count). The third-order valence-corrected chi connectivity index (χ3v) is 7.03. The number of ketones is 1. The molecule has 7 heteroatoms. The Hall–Kier alpha value is -2.47. The first-order valence-corrected chi connectivity index (χ1v) is 11.6. The summed E-state index contributed by atoms with van der Waals surface area (Å²) in [7, 11) is 1.46. The molecule has 6 nitrogen and oxygen atoms in total. The van der Waals surface area contributed by atoms with Gasteiger partial charge in [0.25, 0.3) is 5.91 Å². The number of carbonyl (C=O) groups is 2. The largest absolute Gasteiger partial charge is 0.503 e. The number of amides is 1. The molecule has 0 bridgehead atoms. The van der Waals surface area contributed by atoms with Gasteiger partial charge in [-0.1, -0.05) is 31.5 Å². The predicted molar refractivity (Wildman–Crippen MR) is 124 cm³/mol. The molecule has 2 N–H and O–H groups in total. The Bertz CT molecular complexity index is 1020. The summed E-state index contributed by atoms with van der Waals surface area (Å²) >= 11 is 6.33. The number of likely N-dealkylation sites (tertiary alicyclic amines) is 1. The standard InChI is InChI=1S/C25H31ClN2O4/c1-14-20(24(31)28-8-6-5-7-9-28)21(15-10-16(26)23(30)19(11-15)32-4)22-17(27-14)12-25(2,3)13-18(22)29/h10-12,21-22,27,30H,5-9,13H2,1-4H3. The molecule has 172 valence electrons. The van der Waals surface area contributed by atoms with E-state index in [1.54, 1.807) is 12.1 Å². The van der Waals surface area contributed by atoms with E-state index in [2.05, 4.69) is 11.4 Å². The zero-order valence-electron chi connectivity index (χ0n) is 19.1. The Morgan fingerprint density at radius 2 is 1.91 bits per heavy atom. The Labute approximate surface area is 194 Å². The minimum atomic E-state index is -0.513. The number of nitrogens with one attached hydrogen (secondary N) is 1. The van der Waals surface area contributed by atoms with Crippen molar-refractivity contribution in [3.05, 3.63) is 45.8 Å². The lowest BCUT2D eigenvalue weighted by Gasteiger charge is -2.43. The molecule has 1 aliphatic carbocycles. The number of benzene rings is 1. The van der Waals surface area contributed by atoms with Crippen LogP contribution in [0, 0.1) is 11.3 Å². The summed E-state index contributed by atoms with van der Waals surface area (Å²) < 4.78 is 5.33. The number of Topliss-reactive ketones (excluding diaryl/α,β-unsaturated/α-hetero) is 1. The number of hydrogen-bond donors (Lipinski definition) is 2. The average molecular weight is 459 g/mol. The number of phenols is 1. The topological polar surface area (TPSA) is 78.9 Å². The van der Waals surface area contributed by atoms with Crippen molar-refractivity contribution >= 4 is 23.3 Å². The highest BCUT2D eigenvalue weighted by Crippen LogP contribution is 2.49. The summed E-state index contributed by atoms with van der Waals surface area (Å²) in [6, 6.07) is 3.34. The highest BCUT2D eigenvalue weighted by atomic mass is 35.5. The van der Waals surface area contributed by atoms with E-state index in [0.29, 0.717) is 17.6 Å². The fraction of sp³-hybridized carbons (Fsp3) is 0.520. The van der Waals surface area contributed by atoms with Gasteiger partial charge < -0.3 is 20.1 Å². The Balaban J connectivity index is 1.90. The van der Waals surface area contributed by atoms with Crippen molar-refractivity contribution in [1.82, 2.24) is 10.2 Å². The minimum Gasteiger partial charge on any atom is -0.503 e. The number of nitrogens with zero attached hydrogens (tertiary/aromatic N) is 1. The number of aromatic hydroxyl groups is 1. The van der Waals surface area contributed by atoms with Crippen LogP contribution in [0.3, 0.4) is 0 Å². The maximum atomic E-state index is 13.7. The van der Waals surface area contributed by atoms with E-state index in [0.717, 1.165) is 43.7 Å². The van der Waals surface area contributed by atoms with Crippen molar-refractivity contribution in [2.45, 2.75) is 52.4 Å². The van der Waals surface area contributed by atoms with Crippen LogP contribution < -0.4 is 10.1 Å². The smallest absolute Gasteiger partial charge is 0.252 e. The zero-order valence-corrected chi connectivity index (χ0v) is 19.9. The fourth-order valence-corrected chi connectivity index (χ4v) is 5.53. The molecule has 1 aromatic carbocycles. The van der Waals surface area contributed by atoms with Crippen molar-refractivity contribution in [3.8, 4) is 11.5 Å². The third kappa shape index (κ3) is 4.01. The van der Waals surface area contributed by atoms with E-state index >= 15 is 0 Å². The predicted octanol–water partition coefficient (Wildman–Crippen LogP) is 4.53. The summed E-state index contributed by atoms with van der Waals surface area (Å²) in [5, 5.41) is 13.8. The second kappa shape index (κ2) is 8.47. The number of rotatable bonds is 3. The first-order valence-electron chi connectivity index (χ1n) is 11.2. The van der Waals surface area contributed by atoms with E-state index in [1.165, 1.54) is 7.11 Å². The molecule has 2 unspecified atom stereocenters. The zero-order chi connectivity index (χ0) is 23.2. The number of allylic oxidation sites excluding steroid dienone is 3. The third-order valence-electron chi connectivity index (χ3n) is 6.74. The van der Waals surface area contributed by atoms with Gasteiger partial charge in [0.15, 0.2) is 11.5 Å². The van der Waals surface area contributed by atoms with Gasteiger partial charge in [0, 0.05) is 42.4 Å². The molecule has 1 amide bonds. The molecular formula is C25H31ClN2O4. The van der Waals surface area contributed by atoms with E-state index in [-0.39, 0.29) is 33.6 Å². The summed E-state index contributed by atoms with van der Waals surface area (Å²) in [5.74, 6) is -0.900. The van der Waals surface area contributed by atoms with Gasteiger partial charge in [0.1, 0.15) is 5.78 Å². The molecule has 2 heterocycles. The van der Waals surface area contributed by atoms with Crippen LogP contribution in [0.25, 0.3) is 0 Å². The average Bonchev–Trinajstić information content (AvgIpc) is 2.74. The van der Waals surface area contributed by atoms with Crippen LogP contribution in [0.5, 0.6) is 11.5 Å². The first-order chi connectivity index (χ1) is 15.1. The van der Waals surface area contributed by atoms with Crippen LogP contribution in [0.15, 0.2) is 35.2 Å². The van der Waals surface area contributed by atoms with Crippen LogP contribution in [0.1, 0.15) is 57.9 Å². The van der Waals surface area contributed by atoms with E-state index in [1.807, 2.05) is 25.7 Å². The number of carbonyl (C=O) groups excluding carboxylic acids is 2. The number of ether oxygens (including phenoxy) is 1. The van der Waals surface area contributed by atoms with Gasteiger partial charge in [-0.05, 0) is 49.3 Å². The van der Waals surface area contributed by atoms with Crippen molar-refractivity contribution < 1.29 is 19.4 Å². The number of piperidine rings is 1. The number of phenolic OH excluding ortho intramolecular Hbond substituents is 1. The van der Waals surface area contributed by atoms with Gasteiger partial charge in [-0.25, -0.2) is 0 Å². The molecule has 2 atom stereocenters. The molecule has 0 radical (unpaired) electrons. The highest BCUT2D eigenvalue weighted by Gasteiger charge is 2.46. The van der Waals surface area contributed by atoms with Crippen molar-refractivity contribution in [3.63, 3.8) is 0 Å². The quantitative estimate of drug-likeness (QED) is 0.695. The van der Waals surface area contributed by atoms with Crippen LogP contribution in [0.4, 0.5) is 0 Å². The lowest BCUT2D eigenvalue weighted by Crippen LogP contribution is -2.46. The SMILES string of the molecule is COc1cc(C2C(C(=O)N3CCCCC3)=C(C)NC3=CC(C)(C)CC(=O)C32)cc(Cl)c1O. The summed E-state index contributed by atoms with van der Waals surface area (Å²) in [6.45, 7) is 7.41. The van der Waals surface area contributed by atoms with E-state index < -0.39 is 11.8 Å². The first kappa shape index (κ1) is 22.7. The normalized spacial score (nSPS) is 25.1. The summed E-state index contributed by atoms with van der Waals surface area (Å²) in [5.41, 5.74) is 2.59. The molecule has 0 aromatic heterocycles. The Morgan fingerprint density at radius 1 is 1.22 bits per heavy atom. The van der Waals surface area contributed by atoms with Gasteiger partial charge in [-0.15, -0.1) is 0 Å². The van der Waals surface area contributed by atoms with Gasteiger partial charge >= 0.3 is 0 Å². The van der Waals surface area contributed by atoms with Gasteiger partial charge in [-0.2, -0.15) is 0 Å². The molecule has 3 aliphatic rings. The molecule has 0 saturated carbocycles. The van der Waals surface area contributed by atoms with Gasteiger partial charge in [0.05, 0.1) is 18.1 Å². The number of halogens is 1. The molecule has 0 spiro atoms. The monoisotopic (exact) mass is 458 g/mol. The van der Waals surface area contributed by atoms with Crippen molar-refractivity contribution in [2.75, 3.05) is 20.2 Å². The van der Waals surface area contributed by atoms with Crippen LogP contribution in [-0.4, -0.2) is 41.9 Å². The van der Waals surface area contributed by atoms with Crippen molar-refractivity contribution in [2.24, 2.45) is 11.3 Å². The second-order valence-electron chi connectivity index (χ2n) is 9.76. The molecule has 1 saturated heterocycles. The second-order valence-corrected chi connectivity index (χ2v) is 10.2. The molecule has 1 fully saturated rings. The summed E-state index contributed by atoms with van der Waals surface area (Å²) in [4.78, 5) is 29.1.